The fourth-order valence-electron chi connectivity index (χ4n) is 2.58. The summed E-state index contributed by atoms with van der Waals surface area (Å²) in [6, 6.07) is 7.16. The van der Waals surface area contributed by atoms with Gasteiger partial charge in [-0.25, -0.2) is 4.79 Å². The van der Waals surface area contributed by atoms with Crippen LogP contribution in [0.25, 0.3) is 0 Å². The highest BCUT2D eigenvalue weighted by Crippen LogP contribution is 2.39. The SMILES string of the molecule is O=C(NCc1cncc(C2CC2)c1)Nc1ccc2c(c1)OCO2. The lowest BCUT2D eigenvalue weighted by Crippen LogP contribution is -2.28. The Morgan fingerprint density at radius 1 is 1.17 bits per heavy atom. The second kappa shape index (κ2) is 5.79. The number of hydrogen-bond acceptors (Lipinski definition) is 4. The third kappa shape index (κ3) is 3.21. The molecular weight excluding hydrogens is 294 g/mol. The highest BCUT2D eigenvalue weighted by molar-refractivity contribution is 5.89. The molecule has 23 heavy (non-hydrogen) atoms. The minimum Gasteiger partial charge on any atom is -0.454 e. The van der Waals surface area contributed by atoms with Crippen molar-refractivity contribution in [2.45, 2.75) is 25.3 Å². The first-order valence-electron chi connectivity index (χ1n) is 7.66. The van der Waals surface area contributed by atoms with Gasteiger partial charge in [0.05, 0.1) is 0 Å². The van der Waals surface area contributed by atoms with Crippen molar-refractivity contribution in [1.82, 2.24) is 10.3 Å². The van der Waals surface area contributed by atoms with Crippen molar-refractivity contribution < 1.29 is 14.3 Å². The highest BCUT2D eigenvalue weighted by atomic mass is 16.7. The molecule has 2 heterocycles. The number of anilines is 1. The molecule has 0 unspecified atom stereocenters. The van der Waals surface area contributed by atoms with Crippen LogP contribution < -0.4 is 20.1 Å². The van der Waals surface area contributed by atoms with Gasteiger partial charge in [-0.1, -0.05) is 6.07 Å². The molecule has 4 rings (SSSR count). The largest absolute Gasteiger partial charge is 0.454 e. The van der Waals surface area contributed by atoms with E-state index < -0.39 is 0 Å². The molecule has 1 aliphatic heterocycles. The zero-order valence-corrected chi connectivity index (χ0v) is 12.5. The van der Waals surface area contributed by atoms with Gasteiger partial charge in [0.2, 0.25) is 6.79 Å². The smallest absolute Gasteiger partial charge is 0.319 e. The van der Waals surface area contributed by atoms with Crippen LogP contribution in [0.4, 0.5) is 10.5 Å². The van der Waals surface area contributed by atoms with E-state index in [0.29, 0.717) is 29.6 Å². The molecule has 2 amide bonds. The lowest BCUT2D eigenvalue weighted by atomic mass is 10.1. The van der Waals surface area contributed by atoms with E-state index in [1.165, 1.54) is 18.4 Å². The lowest BCUT2D eigenvalue weighted by molar-refractivity contribution is 0.174. The Kier molecular flexibility index (Phi) is 3.49. The van der Waals surface area contributed by atoms with Gasteiger partial charge in [0, 0.05) is 30.7 Å². The van der Waals surface area contributed by atoms with Crippen LogP contribution in [-0.4, -0.2) is 17.8 Å². The summed E-state index contributed by atoms with van der Waals surface area (Å²) in [6.07, 6.45) is 6.17. The molecule has 0 saturated heterocycles. The van der Waals surface area contributed by atoms with Crippen LogP contribution in [0, 0.1) is 0 Å². The summed E-state index contributed by atoms with van der Waals surface area (Å²) in [6.45, 7) is 0.666. The van der Waals surface area contributed by atoms with Gasteiger partial charge in [-0.2, -0.15) is 0 Å². The Morgan fingerprint density at radius 3 is 2.91 bits per heavy atom. The first-order valence-corrected chi connectivity index (χ1v) is 7.66. The van der Waals surface area contributed by atoms with Gasteiger partial charge < -0.3 is 20.1 Å². The van der Waals surface area contributed by atoms with Gasteiger partial charge in [0.25, 0.3) is 0 Å². The summed E-state index contributed by atoms with van der Waals surface area (Å²) >= 11 is 0. The molecule has 0 radical (unpaired) electrons. The maximum absolute atomic E-state index is 12.0. The Morgan fingerprint density at radius 2 is 2.04 bits per heavy atom. The molecule has 2 aromatic rings. The number of hydrogen-bond donors (Lipinski definition) is 2. The second-order valence-electron chi connectivity index (χ2n) is 5.78. The number of nitrogens with zero attached hydrogens (tertiary/aromatic N) is 1. The molecule has 2 aliphatic rings. The third-order valence-electron chi connectivity index (χ3n) is 3.95. The average Bonchev–Trinajstić information content (AvgIpc) is 3.32. The summed E-state index contributed by atoms with van der Waals surface area (Å²) in [5.41, 5.74) is 2.94. The Bertz CT molecular complexity index is 744. The standard InChI is InChI=1S/C17H17N3O3/c21-17(20-14-3-4-15-16(6-14)23-10-22-15)19-8-11-5-13(9-18-7-11)12-1-2-12/h3-7,9,12H,1-2,8,10H2,(H2,19,20,21). The fraction of sp³-hybridized carbons (Fsp3) is 0.294. The molecule has 118 valence electrons. The quantitative estimate of drug-likeness (QED) is 0.910. The normalized spacial score (nSPS) is 15.3. The van der Waals surface area contributed by atoms with E-state index in [2.05, 4.69) is 21.7 Å². The van der Waals surface area contributed by atoms with Gasteiger partial charge in [-0.3, -0.25) is 4.98 Å². The molecule has 0 spiro atoms. The van der Waals surface area contributed by atoms with Crippen LogP contribution in [-0.2, 0) is 6.54 Å². The molecule has 1 saturated carbocycles. The van der Waals surface area contributed by atoms with Crippen molar-refractivity contribution in [3.8, 4) is 11.5 Å². The van der Waals surface area contributed by atoms with Crippen LogP contribution in [0.15, 0.2) is 36.7 Å². The van der Waals surface area contributed by atoms with Gasteiger partial charge in [0.15, 0.2) is 11.5 Å². The minimum absolute atomic E-state index is 0.218. The minimum atomic E-state index is -0.263. The molecule has 1 fully saturated rings. The monoisotopic (exact) mass is 311 g/mol. The molecule has 6 heteroatoms. The number of urea groups is 1. The number of amides is 2. The van der Waals surface area contributed by atoms with Crippen molar-refractivity contribution in [3.63, 3.8) is 0 Å². The molecule has 1 aromatic carbocycles. The number of carbonyl (C=O) groups excluding carboxylic acids is 1. The van der Waals surface area contributed by atoms with Crippen molar-refractivity contribution in [3.05, 3.63) is 47.8 Å². The number of benzene rings is 1. The predicted molar refractivity (Wildman–Crippen MR) is 84.6 cm³/mol. The lowest BCUT2D eigenvalue weighted by Gasteiger charge is -2.09. The van der Waals surface area contributed by atoms with Gasteiger partial charge in [-0.05, 0) is 42.0 Å². The zero-order chi connectivity index (χ0) is 15.6. The number of pyridine rings is 1. The van der Waals surface area contributed by atoms with Crippen LogP contribution in [0.2, 0.25) is 0 Å². The molecule has 2 N–H and O–H groups in total. The Balaban J connectivity index is 1.34. The Labute approximate surface area is 133 Å². The molecule has 1 aliphatic carbocycles. The maximum Gasteiger partial charge on any atom is 0.319 e. The van der Waals surface area contributed by atoms with Crippen molar-refractivity contribution in [2.24, 2.45) is 0 Å². The van der Waals surface area contributed by atoms with Crippen LogP contribution in [0.1, 0.15) is 29.9 Å². The van der Waals surface area contributed by atoms with Crippen molar-refractivity contribution in [2.75, 3.05) is 12.1 Å². The van der Waals surface area contributed by atoms with E-state index in [4.69, 9.17) is 9.47 Å². The number of ether oxygens (including phenoxy) is 2. The molecular formula is C17H17N3O3. The maximum atomic E-state index is 12.0. The summed E-state index contributed by atoms with van der Waals surface area (Å²) in [7, 11) is 0. The third-order valence-corrected chi connectivity index (χ3v) is 3.95. The molecule has 0 bridgehead atoms. The molecule has 6 nitrogen and oxygen atoms in total. The van der Waals surface area contributed by atoms with Gasteiger partial charge in [0.1, 0.15) is 0 Å². The number of rotatable bonds is 4. The number of fused-ring (bicyclic) bond motifs is 1. The summed E-state index contributed by atoms with van der Waals surface area (Å²) in [4.78, 5) is 16.2. The summed E-state index contributed by atoms with van der Waals surface area (Å²) in [5.74, 6) is 1.99. The fourth-order valence-corrected chi connectivity index (χ4v) is 2.58. The van der Waals surface area contributed by atoms with E-state index >= 15 is 0 Å². The van der Waals surface area contributed by atoms with Crippen molar-refractivity contribution in [1.29, 1.82) is 0 Å². The van der Waals surface area contributed by atoms with Crippen molar-refractivity contribution >= 4 is 11.7 Å². The topological polar surface area (TPSA) is 72.5 Å². The van der Waals surface area contributed by atoms with E-state index in [-0.39, 0.29) is 12.8 Å². The first kappa shape index (κ1) is 13.9. The summed E-state index contributed by atoms with van der Waals surface area (Å²) < 4.78 is 10.5. The van der Waals surface area contributed by atoms with E-state index in [0.717, 1.165) is 5.56 Å². The first-order chi connectivity index (χ1) is 11.3. The molecule has 0 atom stereocenters. The van der Waals surface area contributed by atoms with E-state index in [1.54, 1.807) is 24.4 Å². The molecule has 1 aromatic heterocycles. The Hall–Kier alpha value is -2.76. The van der Waals surface area contributed by atoms with Gasteiger partial charge in [-0.15, -0.1) is 0 Å². The van der Waals surface area contributed by atoms with Gasteiger partial charge >= 0.3 is 6.03 Å². The second-order valence-corrected chi connectivity index (χ2v) is 5.78. The van der Waals surface area contributed by atoms with Crippen LogP contribution >= 0.6 is 0 Å². The van der Waals surface area contributed by atoms with E-state index in [9.17, 15) is 4.79 Å². The number of nitrogens with one attached hydrogen (secondary N) is 2. The van der Waals surface area contributed by atoms with Crippen LogP contribution in [0.5, 0.6) is 11.5 Å². The number of carbonyl (C=O) groups is 1. The average molecular weight is 311 g/mol. The number of aromatic nitrogens is 1. The van der Waals surface area contributed by atoms with Crippen LogP contribution in [0.3, 0.4) is 0 Å². The van der Waals surface area contributed by atoms with E-state index in [1.807, 2.05) is 6.20 Å². The summed E-state index contributed by atoms with van der Waals surface area (Å²) in [5, 5.41) is 5.63. The predicted octanol–water partition coefficient (Wildman–Crippen LogP) is 3.01. The highest BCUT2D eigenvalue weighted by Gasteiger charge is 2.23. The zero-order valence-electron chi connectivity index (χ0n) is 12.5.